The average Bonchev–Trinajstić information content (AvgIpc) is 2.70. The summed E-state index contributed by atoms with van der Waals surface area (Å²) in [5, 5.41) is 0. The molecule has 2 aromatic carbocycles. The molecule has 2 heterocycles. The number of nitrogens with zero attached hydrogens (tertiary/aromatic N) is 2. The smallest absolute Gasteiger partial charge is 0.0347 e. The molecule has 2 nitrogen and oxygen atoms in total. The molecule has 28 heavy (non-hydrogen) atoms. The zero-order chi connectivity index (χ0) is 18.6. The Morgan fingerprint density at radius 2 is 1.11 bits per heavy atom. The second-order valence-corrected chi connectivity index (χ2v) is 8.53. The third-order valence-electron chi connectivity index (χ3n) is 6.82. The summed E-state index contributed by atoms with van der Waals surface area (Å²) in [4.78, 5) is 5.13. The first-order valence-electron chi connectivity index (χ1n) is 10.8. The molecule has 0 N–H and O–H groups in total. The molecule has 2 aliphatic heterocycles. The van der Waals surface area contributed by atoms with Gasteiger partial charge in [0.25, 0.3) is 0 Å². The van der Waals surface area contributed by atoms with E-state index in [0.717, 1.165) is 0 Å². The van der Waals surface area contributed by atoms with Crippen molar-refractivity contribution in [3.8, 4) is 0 Å². The van der Waals surface area contributed by atoms with Crippen molar-refractivity contribution in [2.45, 2.75) is 57.0 Å². The van der Waals surface area contributed by atoms with Gasteiger partial charge in [-0.15, -0.1) is 12.4 Å². The monoisotopic (exact) mass is 398 g/mol. The van der Waals surface area contributed by atoms with Gasteiger partial charge in [-0.05, 0) is 62.0 Å². The second-order valence-electron chi connectivity index (χ2n) is 8.53. The van der Waals surface area contributed by atoms with E-state index in [1.807, 2.05) is 0 Å². The predicted molar refractivity (Wildman–Crippen MR) is 121 cm³/mol. The van der Waals surface area contributed by atoms with Gasteiger partial charge in [0.15, 0.2) is 0 Å². The Balaban J connectivity index is 0.00000225. The van der Waals surface area contributed by atoms with Gasteiger partial charge in [-0.2, -0.15) is 0 Å². The van der Waals surface area contributed by atoms with Crippen LogP contribution in [0.1, 0.15) is 66.4 Å². The number of hydrogen-bond donors (Lipinski definition) is 0. The fraction of sp³-hybridized carbons (Fsp3) is 0.520. The van der Waals surface area contributed by atoms with Crippen LogP contribution in [0.2, 0.25) is 0 Å². The minimum Gasteiger partial charge on any atom is -0.299 e. The SMILES string of the molecule is CN1CCc2ccccc2C1CCCCCC1c2ccccc2CCN1C.Cl. The highest BCUT2D eigenvalue weighted by Gasteiger charge is 2.25. The van der Waals surface area contributed by atoms with E-state index in [1.165, 1.54) is 58.0 Å². The van der Waals surface area contributed by atoms with E-state index < -0.39 is 0 Å². The molecule has 0 fully saturated rings. The molecule has 2 aromatic rings. The van der Waals surface area contributed by atoms with Gasteiger partial charge in [-0.25, -0.2) is 0 Å². The molecule has 4 rings (SSSR count). The molecule has 2 aliphatic rings. The first-order chi connectivity index (χ1) is 13.2. The minimum atomic E-state index is 0. The maximum atomic E-state index is 2.56. The lowest BCUT2D eigenvalue weighted by Gasteiger charge is -2.35. The number of benzene rings is 2. The summed E-state index contributed by atoms with van der Waals surface area (Å²) >= 11 is 0. The molecule has 0 amide bonds. The summed E-state index contributed by atoms with van der Waals surface area (Å²) < 4.78 is 0. The lowest BCUT2D eigenvalue weighted by atomic mass is 9.88. The zero-order valence-corrected chi connectivity index (χ0v) is 18.3. The number of halogens is 1. The van der Waals surface area contributed by atoms with Crippen LogP contribution in [0.3, 0.4) is 0 Å². The van der Waals surface area contributed by atoms with E-state index in [0.29, 0.717) is 12.1 Å². The molecular weight excluding hydrogens is 364 g/mol. The molecule has 0 radical (unpaired) electrons. The molecule has 0 aromatic heterocycles. The average molecular weight is 399 g/mol. The van der Waals surface area contributed by atoms with Gasteiger partial charge in [0.05, 0.1) is 0 Å². The molecule has 0 saturated heterocycles. The van der Waals surface area contributed by atoms with Crippen LogP contribution in [0, 0.1) is 0 Å². The van der Waals surface area contributed by atoms with Crippen molar-refractivity contribution in [3.05, 3.63) is 70.8 Å². The fourth-order valence-electron chi connectivity index (χ4n) is 5.16. The first-order valence-corrected chi connectivity index (χ1v) is 10.8. The van der Waals surface area contributed by atoms with Crippen LogP contribution in [0.5, 0.6) is 0 Å². The molecule has 2 unspecified atom stereocenters. The Morgan fingerprint density at radius 1 is 0.679 bits per heavy atom. The van der Waals surface area contributed by atoms with E-state index in [2.05, 4.69) is 72.4 Å². The zero-order valence-electron chi connectivity index (χ0n) is 17.4. The molecular formula is C25H35ClN2. The largest absolute Gasteiger partial charge is 0.299 e. The number of fused-ring (bicyclic) bond motifs is 2. The van der Waals surface area contributed by atoms with Gasteiger partial charge in [0.1, 0.15) is 0 Å². The second kappa shape index (κ2) is 9.91. The maximum Gasteiger partial charge on any atom is 0.0347 e. The molecule has 152 valence electrons. The van der Waals surface area contributed by atoms with Crippen LogP contribution in [0.25, 0.3) is 0 Å². The van der Waals surface area contributed by atoms with Gasteiger partial charge in [-0.1, -0.05) is 67.8 Å². The highest BCUT2D eigenvalue weighted by Crippen LogP contribution is 2.34. The van der Waals surface area contributed by atoms with Crippen LogP contribution in [0.15, 0.2) is 48.5 Å². The van der Waals surface area contributed by atoms with Gasteiger partial charge >= 0.3 is 0 Å². The van der Waals surface area contributed by atoms with Crippen molar-refractivity contribution < 1.29 is 0 Å². The highest BCUT2D eigenvalue weighted by atomic mass is 35.5. The van der Waals surface area contributed by atoms with Crippen LogP contribution in [-0.2, 0) is 12.8 Å². The molecule has 0 bridgehead atoms. The van der Waals surface area contributed by atoms with Crippen molar-refractivity contribution in [1.29, 1.82) is 0 Å². The summed E-state index contributed by atoms with van der Waals surface area (Å²) in [6, 6.07) is 19.4. The maximum absolute atomic E-state index is 2.56. The lowest BCUT2D eigenvalue weighted by molar-refractivity contribution is 0.205. The van der Waals surface area contributed by atoms with Crippen LogP contribution < -0.4 is 0 Å². The van der Waals surface area contributed by atoms with E-state index in [-0.39, 0.29) is 12.4 Å². The van der Waals surface area contributed by atoms with E-state index in [9.17, 15) is 0 Å². The Kier molecular flexibility index (Phi) is 7.56. The summed E-state index contributed by atoms with van der Waals surface area (Å²) in [5.74, 6) is 0. The molecule has 3 heteroatoms. The number of rotatable bonds is 6. The Labute approximate surface area is 177 Å². The Bertz CT molecular complexity index is 696. The van der Waals surface area contributed by atoms with Crippen molar-refractivity contribution in [3.63, 3.8) is 0 Å². The lowest BCUT2D eigenvalue weighted by Crippen LogP contribution is -2.32. The van der Waals surface area contributed by atoms with Gasteiger partial charge in [0.2, 0.25) is 0 Å². The molecule has 0 spiro atoms. The van der Waals surface area contributed by atoms with Gasteiger partial charge in [-0.3, -0.25) is 9.80 Å². The Hall–Kier alpha value is -1.35. The van der Waals surface area contributed by atoms with Gasteiger partial charge < -0.3 is 0 Å². The summed E-state index contributed by atoms with van der Waals surface area (Å²) in [6.45, 7) is 2.40. The van der Waals surface area contributed by atoms with E-state index >= 15 is 0 Å². The molecule has 0 saturated carbocycles. The fourth-order valence-corrected chi connectivity index (χ4v) is 5.16. The molecule has 2 atom stereocenters. The van der Waals surface area contributed by atoms with Gasteiger partial charge in [0, 0.05) is 25.2 Å². The van der Waals surface area contributed by atoms with Crippen LogP contribution in [-0.4, -0.2) is 37.0 Å². The number of hydrogen-bond acceptors (Lipinski definition) is 2. The third kappa shape index (κ3) is 4.62. The van der Waals surface area contributed by atoms with Crippen molar-refractivity contribution in [2.75, 3.05) is 27.2 Å². The third-order valence-corrected chi connectivity index (χ3v) is 6.82. The van der Waals surface area contributed by atoms with Crippen molar-refractivity contribution in [1.82, 2.24) is 9.80 Å². The quantitative estimate of drug-likeness (QED) is 0.566. The Morgan fingerprint density at radius 3 is 1.57 bits per heavy atom. The normalized spacial score (nSPS) is 22.2. The first kappa shape index (κ1) is 21.4. The van der Waals surface area contributed by atoms with Crippen LogP contribution >= 0.6 is 12.4 Å². The highest BCUT2D eigenvalue weighted by molar-refractivity contribution is 5.85. The van der Waals surface area contributed by atoms with E-state index in [4.69, 9.17) is 0 Å². The van der Waals surface area contributed by atoms with Crippen molar-refractivity contribution in [2.24, 2.45) is 0 Å². The van der Waals surface area contributed by atoms with Crippen LogP contribution in [0.4, 0.5) is 0 Å². The summed E-state index contributed by atoms with van der Waals surface area (Å²) in [7, 11) is 4.60. The predicted octanol–water partition coefficient (Wildman–Crippen LogP) is 5.82. The summed E-state index contributed by atoms with van der Waals surface area (Å²) in [6.07, 6.45) is 9.02. The molecule has 0 aliphatic carbocycles. The number of unbranched alkanes of at least 4 members (excludes halogenated alkanes) is 2. The topological polar surface area (TPSA) is 6.48 Å². The van der Waals surface area contributed by atoms with E-state index in [1.54, 1.807) is 22.3 Å². The minimum absolute atomic E-state index is 0. The standard InChI is InChI=1S/C25H34N2.ClH/c1-26-18-16-20-10-6-8-12-22(20)24(26)14-4-3-5-15-25-23-13-9-7-11-21(23)17-19-27(25)2;/h6-13,24-25H,3-5,14-19H2,1-2H3;1H. The summed E-state index contributed by atoms with van der Waals surface area (Å²) in [5.41, 5.74) is 6.29. The number of likely N-dealkylation sites (N-methyl/N-ethyl adjacent to an activating group) is 2. The van der Waals surface area contributed by atoms with Crippen molar-refractivity contribution >= 4 is 12.4 Å².